The molecule has 0 N–H and O–H groups in total. The zero-order valence-corrected chi connectivity index (χ0v) is 7.94. The second-order valence-corrected chi connectivity index (χ2v) is 3.26. The number of ketones is 1. The topological polar surface area (TPSA) is 17.1 Å². The number of hydrogen-bond donors (Lipinski definition) is 0. The summed E-state index contributed by atoms with van der Waals surface area (Å²) in [5, 5.41) is 0. The molecule has 1 nitrogen and oxygen atoms in total. The van der Waals surface area contributed by atoms with Gasteiger partial charge in [-0.05, 0) is 19.8 Å². The minimum absolute atomic E-state index is 0.187. The van der Waals surface area contributed by atoms with Gasteiger partial charge in [0.2, 0.25) is 0 Å². The first-order valence-corrected chi connectivity index (χ1v) is 4.82. The molecule has 0 heterocycles. The van der Waals surface area contributed by atoms with Crippen molar-refractivity contribution in [2.45, 2.75) is 51.9 Å². The third-order valence-electron chi connectivity index (χ3n) is 1.91. The van der Waals surface area contributed by atoms with Crippen molar-refractivity contribution in [2.75, 3.05) is 6.67 Å². The van der Waals surface area contributed by atoms with Gasteiger partial charge in [0.25, 0.3) is 0 Å². The van der Waals surface area contributed by atoms with E-state index in [1.54, 1.807) is 6.92 Å². The van der Waals surface area contributed by atoms with Crippen LogP contribution in [-0.2, 0) is 4.79 Å². The fraction of sp³-hybridized carbons (Fsp3) is 0.900. The van der Waals surface area contributed by atoms with Crippen LogP contribution in [0, 0.1) is 0 Å². The maximum Gasteiger partial charge on any atom is 0.129 e. The first-order valence-electron chi connectivity index (χ1n) is 4.82. The summed E-state index contributed by atoms with van der Waals surface area (Å²) in [5.74, 6) is 0.277. The molecule has 2 heteroatoms. The highest BCUT2D eigenvalue weighted by molar-refractivity contribution is 5.75. The third-order valence-corrected chi connectivity index (χ3v) is 1.91. The Balaban J connectivity index is 2.86. The van der Waals surface area contributed by atoms with Crippen molar-refractivity contribution >= 4 is 5.78 Å². The summed E-state index contributed by atoms with van der Waals surface area (Å²) >= 11 is 0. The molecule has 0 aromatic heterocycles. The Morgan fingerprint density at radius 1 is 1.00 bits per heavy atom. The number of Topliss-reactive ketones (excluding diaryl/α,β-unsaturated/α-hetero) is 1. The van der Waals surface area contributed by atoms with Crippen molar-refractivity contribution in [3.05, 3.63) is 0 Å². The lowest BCUT2D eigenvalue weighted by atomic mass is 10.1. The summed E-state index contributed by atoms with van der Waals surface area (Å²) in [6.07, 6.45) is 6.79. The Bertz CT molecular complexity index is 112. The molecule has 12 heavy (non-hydrogen) atoms. The summed E-state index contributed by atoms with van der Waals surface area (Å²) in [6.45, 7) is 1.44. The molecule has 0 aromatic carbocycles. The molecule has 0 amide bonds. The van der Waals surface area contributed by atoms with Crippen LogP contribution in [0.25, 0.3) is 0 Å². The Kier molecular flexibility index (Phi) is 8.40. The fourth-order valence-corrected chi connectivity index (χ4v) is 1.18. The predicted molar refractivity (Wildman–Crippen MR) is 49.0 cm³/mol. The molecule has 0 aliphatic carbocycles. The van der Waals surface area contributed by atoms with Gasteiger partial charge in [-0.25, -0.2) is 0 Å². The van der Waals surface area contributed by atoms with Crippen LogP contribution in [0.2, 0.25) is 0 Å². The van der Waals surface area contributed by atoms with Crippen molar-refractivity contribution in [2.24, 2.45) is 0 Å². The maximum atomic E-state index is 11.6. The zero-order valence-electron chi connectivity index (χ0n) is 7.94. The van der Waals surface area contributed by atoms with Crippen molar-refractivity contribution in [3.63, 3.8) is 0 Å². The number of carbonyl (C=O) groups is 1. The van der Waals surface area contributed by atoms with E-state index in [2.05, 4.69) is 0 Å². The average molecular weight is 174 g/mol. The summed E-state index contributed by atoms with van der Waals surface area (Å²) in [7, 11) is 0. The molecule has 0 saturated heterocycles. The molecule has 72 valence electrons. The molecule has 0 atom stereocenters. The van der Waals surface area contributed by atoms with Crippen LogP contribution in [0.15, 0.2) is 0 Å². The van der Waals surface area contributed by atoms with Gasteiger partial charge in [0.1, 0.15) is 5.78 Å². The van der Waals surface area contributed by atoms with Crippen molar-refractivity contribution in [1.82, 2.24) is 0 Å². The van der Waals surface area contributed by atoms with Crippen LogP contribution in [0.3, 0.4) is 0 Å². The van der Waals surface area contributed by atoms with Gasteiger partial charge in [-0.1, -0.05) is 25.7 Å². The lowest BCUT2D eigenvalue weighted by Crippen LogP contribution is -1.89. The van der Waals surface area contributed by atoms with Crippen molar-refractivity contribution in [3.8, 4) is 0 Å². The molecule has 0 bridgehead atoms. The van der Waals surface area contributed by atoms with Crippen LogP contribution in [-0.4, -0.2) is 12.5 Å². The van der Waals surface area contributed by atoms with E-state index >= 15 is 0 Å². The SMILES string of the molecule is CC(=O)CCCCCCCCF. The van der Waals surface area contributed by atoms with E-state index in [9.17, 15) is 9.18 Å². The standard InChI is InChI=1S/C10H19FO/c1-10(12)8-6-4-2-3-5-7-9-11/h2-9H2,1H3. The average Bonchev–Trinajstić information content (AvgIpc) is 2.02. The van der Waals surface area contributed by atoms with Crippen LogP contribution in [0.5, 0.6) is 0 Å². The molecule has 0 aromatic rings. The Hall–Kier alpha value is -0.400. The molecule has 0 fully saturated rings. The van der Waals surface area contributed by atoms with Gasteiger partial charge in [-0.3, -0.25) is 4.39 Å². The predicted octanol–water partition coefficient (Wildman–Crippen LogP) is 3.28. The van der Waals surface area contributed by atoms with E-state index in [-0.39, 0.29) is 12.5 Å². The zero-order chi connectivity index (χ0) is 9.23. The monoisotopic (exact) mass is 174 g/mol. The number of halogens is 1. The lowest BCUT2D eigenvalue weighted by Gasteiger charge is -1.98. The number of alkyl halides is 1. The Labute approximate surface area is 74.4 Å². The van der Waals surface area contributed by atoms with Crippen LogP contribution in [0.4, 0.5) is 4.39 Å². The molecule has 0 unspecified atom stereocenters. The highest BCUT2D eigenvalue weighted by Crippen LogP contribution is 2.07. The van der Waals surface area contributed by atoms with Crippen molar-refractivity contribution < 1.29 is 9.18 Å². The van der Waals surface area contributed by atoms with E-state index in [1.807, 2.05) is 0 Å². The van der Waals surface area contributed by atoms with Gasteiger partial charge in [0.05, 0.1) is 6.67 Å². The summed E-state index contributed by atoms with van der Waals surface area (Å²) in [5.41, 5.74) is 0. The lowest BCUT2D eigenvalue weighted by molar-refractivity contribution is -0.117. The summed E-state index contributed by atoms with van der Waals surface area (Å²) < 4.78 is 11.6. The van der Waals surface area contributed by atoms with E-state index in [0.717, 1.165) is 32.1 Å². The highest BCUT2D eigenvalue weighted by Gasteiger charge is 1.93. The first-order chi connectivity index (χ1) is 5.77. The molecular weight excluding hydrogens is 155 g/mol. The number of rotatable bonds is 8. The molecule has 0 saturated carbocycles. The van der Waals surface area contributed by atoms with Crippen LogP contribution >= 0.6 is 0 Å². The minimum Gasteiger partial charge on any atom is -0.300 e. The molecule has 0 radical (unpaired) electrons. The molecule has 0 spiro atoms. The van der Waals surface area contributed by atoms with Crippen LogP contribution in [0.1, 0.15) is 51.9 Å². The normalized spacial score (nSPS) is 10.2. The van der Waals surface area contributed by atoms with Gasteiger partial charge in [0.15, 0.2) is 0 Å². The van der Waals surface area contributed by atoms with E-state index in [4.69, 9.17) is 0 Å². The van der Waals surface area contributed by atoms with E-state index < -0.39 is 0 Å². The smallest absolute Gasteiger partial charge is 0.129 e. The minimum atomic E-state index is -0.187. The van der Waals surface area contributed by atoms with Gasteiger partial charge < -0.3 is 4.79 Å². The number of unbranched alkanes of at least 4 members (excludes halogenated alkanes) is 5. The number of carbonyl (C=O) groups excluding carboxylic acids is 1. The Morgan fingerprint density at radius 2 is 1.50 bits per heavy atom. The van der Waals surface area contributed by atoms with E-state index in [0.29, 0.717) is 12.8 Å². The van der Waals surface area contributed by atoms with Gasteiger partial charge in [0, 0.05) is 6.42 Å². The second kappa shape index (κ2) is 8.69. The van der Waals surface area contributed by atoms with E-state index in [1.165, 1.54) is 0 Å². The first kappa shape index (κ1) is 11.6. The Morgan fingerprint density at radius 3 is 2.00 bits per heavy atom. The molecule has 0 aliphatic rings. The second-order valence-electron chi connectivity index (χ2n) is 3.26. The highest BCUT2D eigenvalue weighted by atomic mass is 19.1. The number of hydrogen-bond acceptors (Lipinski definition) is 1. The molecule has 0 rings (SSSR count). The largest absolute Gasteiger partial charge is 0.300 e. The van der Waals surface area contributed by atoms with Gasteiger partial charge >= 0.3 is 0 Å². The third kappa shape index (κ3) is 9.60. The van der Waals surface area contributed by atoms with Gasteiger partial charge in [-0.2, -0.15) is 0 Å². The maximum absolute atomic E-state index is 11.6. The quantitative estimate of drug-likeness (QED) is 0.516. The molecule has 0 aliphatic heterocycles. The fourth-order valence-electron chi connectivity index (χ4n) is 1.18. The van der Waals surface area contributed by atoms with Gasteiger partial charge in [-0.15, -0.1) is 0 Å². The van der Waals surface area contributed by atoms with Crippen molar-refractivity contribution in [1.29, 1.82) is 0 Å². The summed E-state index contributed by atoms with van der Waals surface area (Å²) in [6, 6.07) is 0. The summed E-state index contributed by atoms with van der Waals surface area (Å²) in [4.78, 5) is 10.5. The van der Waals surface area contributed by atoms with Crippen LogP contribution < -0.4 is 0 Å². The molecular formula is C10H19FO.